The Labute approximate surface area is 69.4 Å². The first-order valence-corrected chi connectivity index (χ1v) is 4.02. The molecule has 0 saturated heterocycles. The molecule has 0 aliphatic carbocycles. The van der Waals surface area contributed by atoms with Crippen molar-refractivity contribution in [2.45, 2.75) is 27.2 Å². The van der Waals surface area contributed by atoms with Gasteiger partial charge in [-0.2, -0.15) is 0 Å². The standard InChI is InChI=1S/C10H18O/c1-4-7-10(2,3)8-5-6-9-11/h4-7,11H,8-9H2,1-3H3. The molecule has 0 radical (unpaired) electrons. The summed E-state index contributed by atoms with van der Waals surface area (Å²) in [5.41, 5.74) is 0.223. The van der Waals surface area contributed by atoms with E-state index in [0.717, 1.165) is 6.42 Å². The van der Waals surface area contributed by atoms with E-state index >= 15 is 0 Å². The van der Waals surface area contributed by atoms with Gasteiger partial charge >= 0.3 is 0 Å². The van der Waals surface area contributed by atoms with Crippen molar-refractivity contribution in [3.8, 4) is 0 Å². The van der Waals surface area contributed by atoms with Crippen molar-refractivity contribution in [2.24, 2.45) is 5.41 Å². The largest absolute Gasteiger partial charge is 0.392 e. The molecule has 0 bridgehead atoms. The second kappa shape index (κ2) is 5.14. The minimum absolute atomic E-state index is 0.145. The van der Waals surface area contributed by atoms with Gasteiger partial charge in [0.2, 0.25) is 0 Å². The van der Waals surface area contributed by atoms with Gasteiger partial charge in [0.25, 0.3) is 0 Å². The molecule has 0 aliphatic heterocycles. The van der Waals surface area contributed by atoms with Crippen LogP contribution in [-0.2, 0) is 0 Å². The van der Waals surface area contributed by atoms with Gasteiger partial charge in [-0.15, -0.1) is 0 Å². The summed E-state index contributed by atoms with van der Waals surface area (Å²) >= 11 is 0. The first-order chi connectivity index (χ1) is 5.12. The van der Waals surface area contributed by atoms with Crippen LogP contribution in [0.4, 0.5) is 0 Å². The molecule has 0 spiro atoms. The molecule has 0 saturated carbocycles. The van der Waals surface area contributed by atoms with Gasteiger partial charge in [-0.25, -0.2) is 0 Å². The zero-order valence-electron chi connectivity index (χ0n) is 7.67. The minimum Gasteiger partial charge on any atom is -0.392 e. The number of rotatable bonds is 4. The summed E-state index contributed by atoms with van der Waals surface area (Å²) in [6.07, 6.45) is 9.02. The van der Waals surface area contributed by atoms with Crippen LogP contribution in [0.5, 0.6) is 0 Å². The van der Waals surface area contributed by atoms with Crippen LogP contribution in [0.25, 0.3) is 0 Å². The average molecular weight is 154 g/mol. The van der Waals surface area contributed by atoms with E-state index in [0.29, 0.717) is 0 Å². The first-order valence-electron chi connectivity index (χ1n) is 4.02. The van der Waals surface area contributed by atoms with Crippen molar-refractivity contribution in [3.05, 3.63) is 24.3 Å². The Morgan fingerprint density at radius 2 is 1.91 bits per heavy atom. The fourth-order valence-electron chi connectivity index (χ4n) is 0.981. The third-order valence-corrected chi connectivity index (χ3v) is 1.53. The van der Waals surface area contributed by atoms with Gasteiger partial charge in [0.15, 0.2) is 0 Å². The lowest BCUT2D eigenvalue weighted by atomic mass is 9.89. The molecule has 0 aromatic rings. The van der Waals surface area contributed by atoms with Crippen LogP contribution in [0.3, 0.4) is 0 Å². The van der Waals surface area contributed by atoms with Crippen LogP contribution < -0.4 is 0 Å². The number of aliphatic hydroxyl groups is 1. The molecule has 0 atom stereocenters. The highest BCUT2D eigenvalue weighted by Crippen LogP contribution is 2.22. The summed E-state index contributed by atoms with van der Waals surface area (Å²) in [6.45, 7) is 6.52. The average Bonchev–Trinajstić information content (AvgIpc) is 1.87. The van der Waals surface area contributed by atoms with Crippen LogP contribution in [0, 0.1) is 5.41 Å². The summed E-state index contributed by atoms with van der Waals surface area (Å²) in [5, 5.41) is 8.49. The third-order valence-electron chi connectivity index (χ3n) is 1.53. The first kappa shape index (κ1) is 10.4. The Balaban J connectivity index is 3.81. The van der Waals surface area contributed by atoms with Crippen LogP contribution >= 0.6 is 0 Å². The topological polar surface area (TPSA) is 20.2 Å². The lowest BCUT2D eigenvalue weighted by Crippen LogP contribution is -2.04. The highest BCUT2D eigenvalue weighted by molar-refractivity contribution is 4.98. The summed E-state index contributed by atoms with van der Waals surface area (Å²) < 4.78 is 0. The molecule has 64 valence electrons. The van der Waals surface area contributed by atoms with Crippen LogP contribution in [-0.4, -0.2) is 11.7 Å². The van der Waals surface area contributed by atoms with E-state index < -0.39 is 0 Å². The summed E-state index contributed by atoms with van der Waals surface area (Å²) in [4.78, 5) is 0. The fourth-order valence-corrected chi connectivity index (χ4v) is 0.981. The number of allylic oxidation sites excluding steroid dienone is 3. The summed E-state index contributed by atoms with van der Waals surface area (Å²) in [6, 6.07) is 0. The van der Waals surface area contributed by atoms with E-state index in [1.165, 1.54) is 0 Å². The number of aliphatic hydroxyl groups excluding tert-OH is 1. The van der Waals surface area contributed by atoms with E-state index in [1.807, 2.05) is 13.0 Å². The van der Waals surface area contributed by atoms with Crippen molar-refractivity contribution >= 4 is 0 Å². The Morgan fingerprint density at radius 1 is 1.27 bits per heavy atom. The van der Waals surface area contributed by atoms with Crippen molar-refractivity contribution in [2.75, 3.05) is 6.61 Å². The monoisotopic (exact) mass is 154 g/mol. The van der Waals surface area contributed by atoms with E-state index in [4.69, 9.17) is 5.11 Å². The highest BCUT2D eigenvalue weighted by atomic mass is 16.2. The molecule has 0 fully saturated rings. The van der Waals surface area contributed by atoms with Gasteiger partial charge in [0.05, 0.1) is 6.61 Å². The lowest BCUT2D eigenvalue weighted by Gasteiger charge is -2.16. The molecule has 1 heteroatoms. The predicted octanol–water partition coefficient (Wildman–Crippen LogP) is 2.53. The fraction of sp³-hybridized carbons (Fsp3) is 0.600. The van der Waals surface area contributed by atoms with Crippen LogP contribution in [0.15, 0.2) is 24.3 Å². The normalized spacial score (nSPS) is 13.5. The predicted molar refractivity (Wildman–Crippen MR) is 49.4 cm³/mol. The van der Waals surface area contributed by atoms with Gasteiger partial charge in [-0.1, -0.05) is 38.2 Å². The van der Waals surface area contributed by atoms with Crippen molar-refractivity contribution < 1.29 is 5.11 Å². The molecule has 0 unspecified atom stereocenters. The van der Waals surface area contributed by atoms with Crippen molar-refractivity contribution in [1.82, 2.24) is 0 Å². The summed E-state index contributed by atoms with van der Waals surface area (Å²) in [5.74, 6) is 0. The van der Waals surface area contributed by atoms with Crippen LogP contribution in [0.1, 0.15) is 27.2 Å². The van der Waals surface area contributed by atoms with Gasteiger partial charge in [-0.3, -0.25) is 0 Å². The Bertz CT molecular complexity index is 143. The van der Waals surface area contributed by atoms with Crippen molar-refractivity contribution in [3.63, 3.8) is 0 Å². The maximum atomic E-state index is 8.49. The molecule has 0 aromatic heterocycles. The van der Waals surface area contributed by atoms with E-state index in [2.05, 4.69) is 26.0 Å². The van der Waals surface area contributed by atoms with Gasteiger partial charge in [-0.05, 0) is 18.8 Å². The molecule has 0 aliphatic rings. The van der Waals surface area contributed by atoms with E-state index in [-0.39, 0.29) is 12.0 Å². The number of hydrogen-bond acceptors (Lipinski definition) is 1. The molecule has 11 heavy (non-hydrogen) atoms. The SMILES string of the molecule is CC=CC(C)(C)CC=CCO. The van der Waals surface area contributed by atoms with Gasteiger partial charge < -0.3 is 5.11 Å². The molecule has 1 N–H and O–H groups in total. The summed E-state index contributed by atoms with van der Waals surface area (Å²) in [7, 11) is 0. The maximum Gasteiger partial charge on any atom is 0.0612 e. The maximum absolute atomic E-state index is 8.49. The smallest absolute Gasteiger partial charge is 0.0612 e. The highest BCUT2D eigenvalue weighted by Gasteiger charge is 2.09. The third kappa shape index (κ3) is 5.86. The Kier molecular flexibility index (Phi) is 4.88. The molecule has 0 amide bonds. The Morgan fingerprint density at radius 3 is 2.36 bits per heavy atom. The molecule has 0 aromatic carbocycles. The van der Waals surface area contributed by atoms with Crippen LogP contribution in [0.2, 0.25) is 0 Å². The molecular weight excluding hydrogens is 136 g/mol. The van der Waals surface area contributed by atoms with E-state index in [9.17, 15) is 0 Å². The minimum atomic E-state index is 0.145. The van der Waals surface area contributed by atoms with Crippen molar-refractivity contribution in [1.29, 1.82) is 0 Å². The zero-order chi connectivity index (χ0) is 8.74. The van der Waals surface area contributed by atoms with Gasteiger partial charge in [0.1, 0.15) is 0 Å². The second-order valence-corrected chi connectivity index (χ2v) is 3.35. The van der Waals surface area contributed by atoms with Gasteiger partial charge in [0, 0.05) is 0 Å². The van der Waals surface area contributed by atoms with E-state index in [1.54, 1.807) is 6.08 Å². The molecule has 0 rings (SSSR count). The molecular formula is C10H18O. The zero-order valence-corrected chi connectivity index (χ0v) is 7.67. The number of hydrogen-bond donors (Lipinski definition) is 1. The Hall–Kier alpha value is -0.560. The quantitative estimate of drug-likeness (QED) is 0.617. The second-order valence-electron chi connectivity index (χ2n) is 3.35. The molecule has 0 heterocycles. The molecule has 1 nitrogen and oxygen atoms in total. The lowest BCUT2D eigenvalue weighted by molar-refractivity contribution is 0.341.